The first-order valence-electron chi connectivity index (χ1n) is 5.81. The van der Waals surface area contributed by atoms with Crippen LogP contribution in [0.1, 0.15) is 45.4 Å². The highest BCUT2D eigenvalue weighted by Crippen LogP contribution is 2.38. The van der Waals surface area contributed by atoms with Gasteiger partial charge in [0.25, 0.3) is 0 Å². The van der Waals surface area contributed by atoms with Crippen molar-refractivity contribution in [3.05, 3.63) is 0 Å². The van der Waals surface area contributed by atoms with Gasteiger partial charge in [-0.15, -0.1) is 12.3 Å². The second-order valence-corrected chi connectivity index (χ2v) is 4.73. The van der Waals surface area contributed by atoms with Gasteiger partial charge in [0.05, 0.1) is 11.7 Å². The van der Waals surface area contributed by atoms with Gasteiger partial charge in [-0.25, -0.2) is 0 Å². The molecule has 3 atom stereocenters. The quantitative estimate of drug-likeness (QED) is 0.722. The largest absolute Gasteiger partial charge is 0.390 e. The summed E-state index contributed by atoms with van der Waals surface area (Å²) >= 11 is 0. The Morgan fingerprint density at radius 1 is 1.67 bits per heavy atom. The van der Waals surface area contributed by atoms with Gasteiger partial charge in [-0.2, -0.15) is 0 Å². The number of hydrogen-bond acceptors (Lipinski definition) is 2. The minimum absolute atomic E-state index is 0.339. The molecule has 15 heavy (non-hydrogen) atoms. The molecule has 1 fully saturated rings. The summed E-state index contributed by atoms with van der Waals surface area (Å²) in [5.41, 5.74) is -0.339. The molecule has 0 bridgehead atoms. The third kappa shape index (κ3) is 2.96. The number of ether oxygens (including phenoxy) is 1. The molecule has 1 aliphatic carbocycles. The first kappa shape index (κ1) is 12.5. The zero-order chi connectivity index (χ0) is 11.3. The molecule has 1 rings (SSSR count). The van der Waals surface area contributed by atoms with Crippen molar-refractivity contribution < 1.29 is 9.84 Å². The third-order valence-corrected chi connectivity index (χ3v) is 3.57. The van der Waals surface area contributed by atoms with E-state index in [1.165, 1.54) is 6.42 Å². The summed E-state index contributed by atoms with van der Waals surface area (Å²) in [5, 5.41) is 10.2. The van der Waals surface area contributed by atoms with E-state index in [0.29, 0.717) is 18.8 Å². The molecule has 0 radical (unpaired) electrons. The highest BCUT2D eigenvalue weighted by atomic mass is 16.5. The second kappa shape index (κ2) is 5.53. The SMILES string of the molecule is C#CCCC(O)C1(OC)CCCC(C)C1. The Bertz CT molecular complexity index is 231. The van der Waals surface area contributed by atoms with E-state index in [9.17, 15) is 5.11 Å². The topological polar surface area (TPSA) is 29.5 Å². The molecule has 0 saturated heterocycles. The van der Waals surface area contributed by atoms with Gasteiger partial charge in [-0.3, -0.25) is 0 Å². The fourth-order valence-electron chi connectivity index (χ4n) is 2.65. The van der Waals surface area contributed by atoms with Gasteiger partial charge in [-0.1, -0.05) is 19.8 Å². The number of aliphatic hydroxyl groups is 1. The van der Waals surface area contributed by atoms with Crippen molar-refractivity contribution in [3.8, 4) is 12.3 Å². The van der Waals surface area contributed by atoms with E-state index < -0.39 is 6.10 Å². The minimum atomic E-state index is -0.415. The molecular formula is C13H22O2. The van der Waals surface area contributed by atoms with Crippen LogP contribution in [-0.4, -0.2) is 23.9 Å². The van der Waals surface area contributed by atoms with Crippen molar-refractivity contribution in [1.29, 1.82) is 0 Å². The second-order valence-electron chi connectivity index (χ2n) is 4.73. The Kier molecular flexibility index (Phi) is 4.63. The number of terminal acetylenes is 1. The van der Waals surface area contributed by atoms with Crippen LogP contribution in [0.3, 0.4) is 0 Å². The van der Waals surface area contributed by atoms with Crippen LogP contribution in [0.15, 0.2) is 0 Å². The Labute approximate surface area is 93.0 Å². The molecule has 0 aromatic heterocycles. The van der Waals surface area contributed by atoms with Gasteiger partial charge >= 0.3 is 0 Å². The Hall–Kier alpha value is -0.520. The Balaban J connectivity index is 2.62. The molecule has 1 aliphatic rings. The third-order valence-electron chi connectivity index (χ3n) is 3.57. The van der Waals surface area contributed by atoms with E-state index in [1.807, 2.05) is 0 Å². The highest BCUT2D eigenvalue weighted by molar-refractivity contribution is 4.95. The molecule has 2 heteroatoms. The van der Waals surface area contributed by atoms with Crippen molar-refractivity contribution >= 4 is 0 Å². The fourth-order valence-corrected chi connectivity index (χ4v) is 2.65. The molecule has 1 N–H and O–H groups in total. The van der Waals surface area contributed by atoms with E-state index in [1.54, 1.807) is 7.11 Å². The standard InChI is InChI=1S/C13H22O2/c1-4-5-8-12(14)13(15-3)9-6-7-11(2)10-13/h1,11-12,14H,5-10H2,2-3H3. The lowest BCUT2D eigenvalue weighted by Gasteiger charge is -2.42. The number of hydrogen-bond donors (Lipinski definition) is 1. The van der Waals surface area contributed by atoms with Crippen molar-refractivity contribution in [2.45, 2.75) is 57.2 Å². The maximum absolute atomic E-state index is 10.2. The fraction of sp³-hybridized carbons (Fsp3) is 0.846. The van der Waals surface area contributed by atoms with Crippen molar-refractivity contribution in [2.24, 2.45) is 5.92 Å². The van der Waals surface area contributed by atoms with Crippen LogP contribution in [0.25, 0.3) is 0 Å². The molecule has 86 valence electrons. The van der Waals surface area contributed by atoms with Gasteiger partial charge in [0.2, 0.25) is 0 Å². The van der Waals surface area contributed by atoms with Crippen molar-refractivity contribution in [1.82, 2.24) is 0 Å². The molecule has 0 amide bonds. The summed E-state index contributed by atoms with van der Waals surface area (Å²) < 4.78 is 5.59. The van der Waals surface area contributed by atoms with Crippen LogP contribution in [0, 0.1) is 18.3 Å². The summed E-state index contributed by atoms with van der Waals surface area (Å²) in [6.07, 6.45) is 10.4. The van der Waals surface area contributed by atoms with Gasteiger partial charge in [0, 0.05) is 13.5 Å². The van der Waals surface area contributed by atoms with Crippen LogP contribution in [0.2, 0.25) is 0 Å². The molecule has 0 aromatic carbocycles. The lowest BCUT2D eigenvalue weighted by atomic mass is 9.74. The molecule has 0 aliphatic heterocycles. The number of aliphatic hydroxyl groups excluding tert-OH is 1. The molecule has 0 aromatic rings. The van der Waals surface area contributed by atoms with Gasteiger partial charge < -0.3 is 9.84 Å². The van der Waals surface area contributed by atoms with E-state index in [0.717, 1.165) is 19.3 Å². The molecule has 1 saturated carbocycles. The predicted molar refractivity (Wildman–Crippen MR) is 61.4 cm³/mol. The first-order valence-corrected chi connectivity index (χ1v) is 5.81. The van der Waals surface area contributed by atoms with Crippen molar-refractivity contribution in [3.63, 3.8) is 0 Å². The first-order chi connectivity index (χ1) is 7.14. The zero-order valence-electron chi connectivity index (χ0n) is 9.83. The zero-order valence-corrected chi connectivity index (χ0v) is 9.83. The lowest BCUT2D eigenvalue weighted by molar-refractivity contribution is -0.133. The monoisotopic (exact) mass is 210 g/mol. The summed E-state index contributed by atoms with van der Waals surface area (Å²) in [6, 6.07) is 0. The van der Waals surface area contributed by atoms with E-state index in [2.05, 4.69) is 12.8 Å². The summed E-state index contributed by atoms with van der Waals surface area (Å²) in [4.78, 5) is 0. The molecule has 2 nitrogen and oxygen atoms in total. The van der Waals surface area contributed by atoms with Gasteiger partial charge in [-0.05, 0) is 25.2 Å². The minimum Gasteiger partial charge on any atom is -0.390 e. The van der Waals surface area contributed by atoms with Gasteiger partial charge in [0.15, 0.2) is 0 Å². The van der Waals surface area contributed by atoms with Crippen LogP contribution in [0.4, 0.5) is 0 Å². The molecular weight excluding hydrogens is 188 g/mol. The van der Waals surface area contributed by atoms with Crippen LogP contribution in [0.5, 0.6) is 0 Å². The maximum atomic E-state index is 10.2. The molecule has 0 spiro atoms. The van der Waals surface area contributed by atoms with E-state index in [4.69, 9.17) is 11.2 Å². The highest BCUT2D eigenvalue weighted by Gasteiger charge is 2.40. The molecule has 3 unspecified atom stereocenters. The van der Waals surface area contributed by atoms with Crippen LogP contribution >= 0.6 is 0 Å². The van der Waals surface area contributed by atoms with E-state index in [-0.39, 0.29) is 5.60 Å². The summed E-state index contributed by atoms with van der Waals surface area (Å²) in [6.45, 7) is 2.22. The Morgan fingerprint density at radius 3 is 2.93 bits per heavy atom. The van der Waals surface area contributed by atoms with Crippen LogP contribution in [-0.2, 0) is 4.74 Å². The summed E-state index contributed by atoms with van der Waals surface area (Å²) in [7, 11) is 1.71. The Morgan fingerprint density at radius 2 is 2.40 bits per heavy atom. The number of rotatable bonds is 4. The lowest BCUT2D eigenvalue weighted by Crippen LogP contribution is -2.47. The van der Waals surface area contributed by atoms with Gasteiger partial charge in [0.1, 0.15) is 0 Å². The number of methoxy groups -OCH3 is 1. The predicted octanol–water partition coefficient (Wildman–Crippen LogP) is 2.36. The maximum Gasteiger partial charge on any atom is 0.0939 e. The van der Waals surface area contributed by atoms with Crippen LogP contribution < -0.4 is 0 Å². The summed E-state index contributed by atoms with van der Waals surface area (Å²) in [5.74, 6) is 3.21. The van der Waals surface area contributed by atoms with E-state index >= 15 is 0 Å². The smallest absolute Gasteiger partial charge is 0.0939 e. The van der Waals surface area contributed by atoms with Crippen molar-refractivity contribution in [2.75, 3.05) is 7.11 Å². The normalized spacial score (nSPS) is 33.3. The average molecular weight is 210 g/mol. The average Bonchev–Trinajstić information content (AvgIpc) is 2.25. The molecule has 0 heterocycles.